The summed E-state index contributed by atoms with van der Waals surface area (Å²) in [6.07, 6.45) is 7.41. The minimum absolute atomic E-state index is 0.0329. The number of thiazole rings is 1. The zero-order valence-corrected chi connectivity index (χ0v) is 20.8. The van der Waals surface area contributed by atoms with Crippen molar-refractivity contribution in [1.29, 1.82) is 0 Å². The Labute approximate surface area is 208 Å². The Bertz CT molecular complexity index is 1330. The number of fused-ring (bicyclic) bond motifs is 1. The van der Waals surface area contributed by atoms with Crippen molar-refractivity contribution in [1.82, 2.24) is 24.6 Å². The smallest absolute Gasteiger partial charge is 0.273 e. The zero-order valence-electron chi connectivity index (χ0n) is 20.0. The summed E-state index contributed by atoms with van der Waals surface area (Å²) in [5, 5.41) is 5.87. The lowest BCUT2D eigenvalue weighted by Crippen LogP contribution is -2.38. The van der Waals surface area contributed by atoms with Gasteiger partial charge in [0.25, 0.3) is 11.8 Å². The lowest BCUT2D eigenvalue weighted by atomic mass is 9.89. The molecule has 1 saturated heterocycles. The van der Waals surface area contributed by atoms with Crippen LogP contribution in [0.3, 0.4) is 0 Å². The summed E-state index contributed by atoms with van der Waals surface area (Å²) >= 11 is 1.56. The van der Waals surface area contributed by atoms with Crippen molar-refractivity contribution in [2.45, 2.75) is 45.1 Å². The van der Waals surface area contributed by atoms with E-state index in [1.807, 2.05) is 63.5 Å². The van der Waals surface area contributed by atoms with Crippen LogP contribution in [0.25, 0.3) is 5.65 Å². The molecule has 1 aliphatic heterocycles. The number of carbonyl (C=O) groups excluding carboxylic acids is 2. The molecule has 0 radical (unpaired) electrons. The Kier molecular flexibility index (Phi) is 6.63. The molecular formula is C27H29N5O2S. The molecule has 0 unspecified atom stereocenters. The van der Waals surface area contributed by atoms with E-state index in [1.54, 1.807) is 17.5 Å². The van der Waals surface area contributed by atoms with E-state index in [4.69, 9.17) is 0 Å². The van der Waals surface area contributed by atoms with Crippen LogP contribution in [0.4, 0.5) is 0 Å². The van der Waals surface area contributed by atoms with Crippen molar-refractivity contribution >= 4 is 28.8 Å². The van der Waals surface area contributed by atoms with Crippen LogP contribution < -0.4 is 5.32 Å². The second-order valence-electron chi connectivity index (χ2n) is 9.32. The third-order valence-corrected chi connectivity index (χ3v) is 7.72. The molecule has 0 atom stereocenters. The molecule has 1 aromatic carbocycles. The fraction of sp³-hybridized carbons (Fsp3) is 0.333. The summed E-state index contributed by atoms with van der Waals surface area (Å²) in [4.78, 5) is 36.2. The number of hydrogen-bond acceptors (Lipinski definition) is 5. The summed E-state index contributed by atoms with van der Waals surface area (Å²) in [5.74, 6) is 0.665. The largest absolute Gasteiger partial charge is 0.348 e. The van der Waals surface area contributed by atoms with Gasteiger partial charge >= 0.3 is 0 Å². The Morgan fingerprint density at radius 3 is 2.60 bits per heavy atom. The number of hydrogen-bond donors (Lipinski definition) is 1. The monoisotopic (exact) mass is 487 g/mol. The molecule has 0 saturated carbocycles. The predicted molar refractivity (Wildman–Crippen MR) is 137 cm³/mol. The minimum Gasteiger partial charge on any atom is -0.348 e. The van der Waals surface area contributed by atoms with Gasteiger partial charge in [-0.1, -0.05) is 26.0 Å². The SMILES string of the molecule is CC(C)c1nc(C(=O)N2CCC(c3ccc(C(=O)NCc4ccn5ccnc5c4)cc3)CC2)cs1. The highest BCUT2D eigenvalue weighted by molar-refractivity contribution is 7.09. The summed E-state index contributed by atoms with van der Waals surface area (Å²) in [6.45, 7) is 6.08. The van der Waals surface area contributed by atoms with Gasteiger partial charge in [0, 0.05) is 55.1 Å². The van der Waals surface area contributed by atoms with Crippen LogP contribution in [-0.4, -0.2) is 44.2 Å². The summed E-state index contributed by atoms with van der Waals surface area (Å²) in [6, 6.07) is 11.8. The number of benzene rings is 1. The number of rotatable bonds is 6. The van der Waals surface area contributed by atoms with Gasteiger partial charge in [0.15, 0.2) is 0 Å². The van der Waals surface area contributed by atoms with Crippen LogP contribution in [-0.2, 0) is 6.54 Å². The molecule has 1 N–H and O–H groups in total. The van der Waals surface area contributed by atoms with E-state index in [-0.39, 0.29) is 11.8 Å². The molecule has 0 bridgehead atoms. The van der Waals surface area contributed by atoms with E-state index in [9.17, 15) is 9.59 Å². The third kappa shape index (κ3) is 5.12. The first-order valence-corrected chi connectivity index (χ1v) is 12.9. The molecule has 180 valence electrons. The van der Waals surface area contributed by atoms with Crippen molar-refractivity contribution in [3.05, 3.63) is 87.8 Å². The zero-order chi connectivity index (χ0) is 24.4. The molecule has 4 aromatic rings. The molecule has 8 heteroatoms. The maximum absolute atomic E-state index is 12.8. The maximum Gasteiger partial charge on any atom is 0.273 e. The van der Waals surface area contributed by atoms with Gasteiger partial charge in [-0.3, -0.25) is 9.59 Å². The molecule has 5 rings (SSSR count). The number of nitrogens with zero attached hydrogens (tertiary/aromatic N) is 4. The van der Waals surface area contributed by atoms with Crippen LogP contribution in [0.15, 0.2) is 60.4 Å². The van der Waals surface area contributed by atoms with Crippen LogP contribution >= 0.6 is 11.3 Å². The van der Waals surface area contributed by atoms with Crippen LogP contribution in [0.1, 0.15) is 75.5 Å². The van der Waals surface area contributed by atoms with E-state index in [1.165, 1.54) is 5.56 Å². The molecule has 7 nitrogen and oxygen atoms in total. The van der Waals surface area contributed by atoms with E-state index >= 15 is 0 Å². The molecule has 1 fully saturated rings. The average molecular weight is 488 g/mol. The van der Waals surface area contributed by atoms with Crippen molar-refractivity contribution in [2.75, 3.05) is 13.1 Å². The molecule has 0 spiro atoms. The van der Waals surface area contributed by atoms with E-state index < -0.39 is 0 Å². The molecular weight excluding hydrogens is 458 g/mol. The van der Waals surface area contributed by atoms with Gasteiger partial charge in [0.2, 0.25) is 0 Å². The van der Waals surface area contributed by atoms with Crippen LogP contribution in [0.5, 0.6) is 0 Å². The maximum atomic E-state index is 12.8. The first-order chi connectivity index (χ1) is 17.0. The molecule has 4 heterocycles. The third-order valence-electron chi connectivity index (χ3n) is 6.58. The lowest BCUT2D eigenvalue weighted by molar-refractivity contribution is 0.0707. The van der Waals surface area contributed by atoms with Crippen molar-refractivity contribution in [2.24, 2.45) is 0 Å². The number of aromatic nitrogens is 3. The standard InChI is InChI=1S/C27H29N5O2S/c1-18(2)26-30-23(17-35-26)27(34)32-12-8-21(9-13-32)20-3-5-22(6-4-20)25(33)29-16-19-7-11-31-14-10-28-24(31)15-19/h3-7,10-11,14-15,17-18,21H,8-9,12-13,16H2,1-2H3,(H,29,33). The highest BCUT2D eigenvalue weighted by Crippen LogP contribution is 2.29. The second kappa shape index (κ2) is 10.00. The molecule has 1 aliphatic rings. The topological polar surface area (TPSA) is 79.6 Å². The second-order valence-corrected chi connectivity index (χ2v) is 10.2. The normalized spacial score (nSPS) is 14.5. The van der Waals surface area contributed by atoms with Crippen molar-refractivity contribution in [3.8, 4) is 0 Å². The highest BCUT2D eigenvalue weighted by atomic mass is 32.1. The number of likely N-dealkylation sites (tertiary alicyclic amines) is 1. The van der Waals surface area contributed by atoms with E-state index in [2.05, 4.69) is 29.1 Å². The van der Waals surface area contributed by atoms with Crippen molar-refractivity contribution < 1.29 is 9.59 Å². The number of pyridine rings is 1. The Morgan fingerprint density at radius 2 is 1.89 bits per heavy atom. The highest BCUT2D eigenvalue weighted by Gasteiger charge is 2.26. The molecule has 35 heavy (non-hydrogen) atoms. The first kappa shape index (κ1) is 23.2. The fourth-order valence-electron chi connectivity index (χ4n) is 4.48. The van der Waals surface area contributed by atoms with Gasteiger partial charge in [0.05, 0.1) is 5.01 Å². The first-order valence-electron chi connectivity index (χ1n) is 12.0. The van der Waals surface area contributed by atoms with Crippen molar-refractivity contribution in [3.63, 3.8) is 0 Å². The molecule has 0 aliphatic carbocycles. The van der Waals surface area contributed by atoms with Gasteiger partial charge in [-0.05, 0) is 54.2 Å². The Balaban J connectivity index is 1.14. The van der Waals surface area contributed by atoms with Gasteiger partial charge in [-0.2, -0.15) is 0 Å². The van der Waals surface area contributed by atoms with Crippen LogP contribution in [0, 0.1) is 0 Å². The fourth-order valence-corrected chi connectivity index (χ4v) is 5.29. The van der Waals surface area contributed by atoms with Gasteiger partial charge in [-0.15, -0.1) is 11.3 Å². The number of imidazole rings is 1. The summed E-state index contributed by atoms with van der Waals surface area (Å²) < 4.78 is 1.94. The van der Waals surface area contributed by atoms with Gasteiger partial charge in [-0.25, -0.2) is 9.97 Å². The summed E-state index contributed by atoms with van der Waals surface area (Å²) in [7, 11) is 0. The molecule has 3 aromatic heterocycles. The Morgan fingerprint density at radius 1 is 1.11 bits per heavy atom. The number of carbonyl (C=O) groups is 2. The quantitative estimate of drug-likeness (QED) is 0.421. The lowest BCUT2D eigenvalue weighted by Gasteiger charge is -2.32. The predicted octanol–water partition coefficient (Wildman–Crippen LogP) is 4.86. The van der Waals surface area contributed by atoms with Gasteiger partial charge in [0.1, 0.15) is 11.3 Å². The van der Waals surface area contributed by atoms with E-state index in [0.29, 0.717) is 29.6 Å². The van der Waals surface area contributed by atoms with Gasteiger partial charge < -0.3 is 14.6 Å². The Hall–Kier alpha value is -3.52. The minimum atomic E-state index is -0.0933. The molecule has 2 amide bonds. The summed E-state index contributed by atoms with van der Waals surface area (Å²) in [5.41, 5.74) is 4.30. The van der Waals surface area contributed by atoms with Crippen LogP contribution in [0.2, 0.25) is 0 Å². The number of nitrogens with one attached hydrogen (secondary N) is 1. The average Bonchev–Trinajstić information content (AvgIpc) is 3.57. The van der Waals surface area contributed by atoms with E-state index in [0.717, 1.165) is 42.1 Å². The number of piperidine rings is 1. The number of amides is 2.